The highest BCUT2D eigenvalue weighted by Crippen LogP contribution is 2.29. The molecule has 1 heterocycles. The molecule has 1 radical (unpaired) electrons. The van der Waals surface area contributed by atoms with Crippen molar-refractivity contribution in [2.24, 2.45) is 5.92 Å². The van der Waals surface area contributed by atoms with Gasteiger partial charge in [-0.2, -0.15) is 0 Å². The van der Waals surface area contributed by atoms with Crippen LogP contribution in [0.1, 0.15) is 43.5 Å². The van der Waals surface area contributed by atoms with Gasteiger partial charge in [-0.25, -0.2) is 0 Å². The second kappa shape index (κ2) is 5.83. The number of carbonyl (C=O) groups is 1. The molecule has 0 aromatic heterocycles. The molecule has 1 amide bonds. The van der Waals surface area contributed by atoms with Gasteiger partial charge in [-0.3, -0.25) is 4.79 Å². The summed E-state index contributed by atoms with van der Waals surface area (Å²) in [5, 5.41) is 10.5. The number of piperidine rings is 1. The number of amides is 1. The lowest BCUT2D eigenvalue weighted by atomic mass is 9.84. The number of nitrogen functional groups attached to an aromatic ring is 1. The summed E-state index contributed by atoms with van der Waals surface area (Å²) in [4.78, 5) is 14.1. The maximum atomic E-state index is 12.4. The summed E-state index contributed by atoms with van der Waals surface area (Å²) < 4.78 is 0. The topological polar surface area (TPSA) is 66.6 Å². The van der Waals surface area contributed by atoms with Crippen LogP contribution in [0.3, 0.4) is 0 Å². The number of carbonyl (C=O) groups excluding carboxylic acids is 1. The first-order valence-electron chi connectivity index (χ1n) is 7.18. The maximum absolute atomic E-state index is 12.4. The lowest BCUT2D eigenvalue weighted by Gasteiger charge is -2.39. The SMILES string of the molecule is CC(C)CC1(O)CCN(C(=O)c2c[c]cc(N)c2)CC1. The summed E-state index contributed by atoms with van der Waals surface area (Å²) in [6.45, 7) is 5.41. The standard InChI is InChI=1S/C16H23N2O2/c1-12(2)11-16(20)6-8-18(9-7-16)15(19)13-4-3-5-14(17)10-13/h4-5,10,12,20H,6-9,11,17H2,1-2H3. The number of aliphatic hydroxyl groups is 1. The molecular formula is C16H23N2O2. The Hall–Kier alpha value is -1.55. The van der Waals surface area contributed by atoms with E-state index in [1.807, 2.05) is 0 Å². The van der Waals surface area contributed by atoms with E-state index in [4.69, 9.17) is 5.73 Å². The van der Waals surface area contributed by atoms with E-state index in [-0.39, 0.29) is 5.91 Å². The van der Waals surface area contributed by atoms with Gasteiger partial charge >= 0.3 is 0 Å². The maximum Gasteiger partial charge on any atom is 0.253 e. The Bertz CT molecular complexity index is 477. The van der Waals surface area contributed by atoms with Crippen molar-refractivity contribution in [2.45, 2.75) is 38.7 Å². The van der Waals surface area contributed by atoms with E-state index in [2.05, 4.69) is 19.9 Å². The number of anilines is 1. The molecule has 0 bridgehead atoms. The predicted molar refractivity (Wildman–Crippen MR) is 79.2 cm³/mol. The molecule has 2 rings (SSSR count). The Balaban J connectivity index is 1.98. The fourth-order valence-electron chi connectivity index (χ4n) is 2.89. The van der Waals surface area contributed by atoms with E-state index in [0.717, 1.165) is 6.42 Å². The van der Waals surface area contributed by atoms with Crippen molar-refractivity contribution in [3.8, 4) is 0 Å². The molecule has 1 aliphatic rings. The van der Waals surface area contributed by atoms with E-state index < -0.39 is 5.60 Å². The van der Waals surface area contributed by atoms with E-state index in [0.29, 0.717) is 43.1 Å². The van der Waals surface area contributed by atoms with Gasteiger partial charge in [0.05, 0.1) is 5.60 Å². The number of benzene rings is 1. The summed E-state index contributed by atoms with van der Waals surface area (Å²) in [5.74, 6) is 0.436. The van der Waals surface area contributed by atoms with E-state index in [1.165, 1.54) is 0 Å². The van der Waals surface area contributed by atoms with Gasteiger partial charge in [-0.15, -0.1) is 0 Å². The zero-order valence-electron chi connectivity index (χ0n) is 12.2. The van der Waals surface area contributed by atoms with Gasteiger partial charge in [0.1, 0.15) is 0 Å². The Morgan fingerprint density at radius 3 is 2.65 bits per heavy atom. The summed E-state index contributed by atoms with van der Waals surface area (Å²) in [7, 11) is 0. The third-order valence-corrected chi connectivity index (χ3v) is 3.83. The average molecular weight is 275 g/mol. The zero-order chi connectivity index (χ0) is 14.8. The Morgan fingerprint density at radius 1 is 1.45 bits per heavy atom. The molecule has 1 aromatic rings. The van der Waals surface area contributed by atoms with E-state index in [1.54, 1.807) is 23.1 Å². The summed E-state index contributed by atoms with van der Waals surface area (Å²) >= 11 is 0. The molecule has 0 saturated carbocycles. The summed E-state index contributed by atoms with van der Waals surface area (Å²) in [6, 6.07) is 7.85. The molecule has 0 spiro atoms. The van der Waals surface area contributed by atoms with E-state index >= 15 is 0 Å². The number of nitrogens with zero attached hydrogens (tertiary/aromatic N) is 1. The van der Waals surface area contributed by atoms with Crippen LogP contribution in [-0.4, -0.2) is 34.6 Å². The predicted octanol–water partition coefficient (Wildman–Crippen LogP) is 2.08. The molecular weight excluding hydrogens is 252 g/mol. The molecule has 1 saturated heterocycles. The average Bonchev–Trinajstić information content (AvgIpc) is 2.37. The largest absolute Gasteiger partial charge is 0.399 e. The van der Waals surface area contributed by atoms with Crippen LogP contribution < -0.4 is 5.73 Å². The lowest BCUT2D eigenvalue weighted by Crippen LogP contribution is -2.47. The first-order valence-corrected chi connectivity index (χ1v) is 7.18. The van der Waals surface area contributed by atoms with Crippen LogP contribution in [0.25, 0.3) is 0 Å². The molecule has 0 atom stereocenters. The van der Waals surface area contributed by atoms with Crippen LogP contribution in [0, 0.1) is 12.0 Å². The van der Waals surface area contributed by atoms with Crippen LogP contribution in [0.15, 0.2) is 18.2 Å². The highest BCUT2D eigenvalue weighted by atomic mass is 16.3. The molecule has 1 fully saturated rings. The number of rotatable bonds is 3. The number of hydrogen-bond donors (Lipinski definition) is 2. The van der Waals surface area contributed by atoms with Gasteiger partial charge in [0, 0.05) is 24.3 Å². The third-order valence-electron chi connectivity index (χ3n) is 3.83. The first kappa shape index (κ1) is 14.9. The fourth-order valence-corrected chi connectivity index (χ4v) is 2.89. The van der Waals surface area contributed by atoms with Gasteiger partial charge in [-0.1, -0.05) is 13.8 Å². The summed E-state index contributed by atoms with van der Waals surface area (Å²) in [5.41, 5.74) is 6.18. The van der Waals surface area contributed by atoms with Crippen molar-refractivity contribution in [1.29, 1.82) is 0 Å². The molecule has 4 nitrogen and oxygen atoms in total. The Kier molecular flexibility index (Phi) is 4.33. The van der Waals surface area contributed by atoms with Gasteiger partial charge in [-0.05, 0) is 49.4 Å². The molecule has 4 heteroatoms. The van der Waals surface area contributed by atoms with Crippen molar-refractivity contribution < 1.29 is 9.90 Å². The molecule has 0 aliphatic carbocycles. The minimum absolute atomic E-state index is 0.0276. The second-order valence-electron chi connectivity index (χ2n) is 6.17. The van der Waals surface area contributed by atoms with Crippen LogP contribution in [0.4, 0.5) is 5.69 Å². The first-order chi connectivity index (χ1) is 9.39. The smallest absolute Gasteiger partial charge is 0.253 e. The molecule has 1 aromatic carbocycles. The van der Waals surface area contributed by atoms with Crippen LogP contribution in [0.5, 0.6) is 0 Å². The number of likely N-dealkylation sites (tertiary alicyclic amines) is 1. The highest BCUT2D eigenvalue weighted by Gasteiger charge is 2.34. The lowest BCUT2D eigenvalue weighted by molar-refractivity contribution is -0.0311. The van der Waals surface area contributed by atoms with Crippen molar-refractivity contribution >= 4 is 11.6 Å². The normalized spacial score (nSPS) is 18.3. The number of nitrogens with two attached hydrogens (primary N) is 1. The molecule has 20 heavy (non-hydrogen) atoms. The zero-order valence-corrected chi connectivity index (χ0v) is 12.2. The van der Waals surface area contributed by atoms with Crippen LogP contribution in [-0.2, 0) is 0 Å². The van der Waals surface area contributed by atoms with E-state index in [9.17, 15) is 9.90 Å². The Labute approximate surface area is 120 Å². The third kappa shape index (κ3) is 3.51. The quantitative estimate of drug-likeness (QED) is 0.830. The van der Waals surface area contributed by atoms with Crippen LogP contribution in [0.2, 0.25) is 0 Å². The van der Waals surface area contributed by atoms with Crippen LogP contribution >= 0.6 is 0 Å². The minimum atomic E-state index is -0.618. The monoisotopic (exact) mass is 275 g/mol. The van der Waals surface area contributed by atoms with Crippen molar-refractivity contribution in [3.05, 3.63) is 29.8 Å². The van der Waals surface area contributed by atoms with Crippen molar-refractivity contribution in [2.75, 3.05) is 18.8 Å². The highest BCUT2D eigenvalue weighted by molar-refractivity contribution is 5.95. The molecule has 109 valence electrons. The fraction of sp³-hybridized carbons (Fsp3) is 0.562. The van der Waals surface area contributed by atoms with Crippen molar-refractivity contribution in [1.82, 2.24) is 4.90 Å². The summed E-state index contributed by atoms with van der Waals surface area (Å²) in [6.07, 6.45) is 2.08. The van der Waals surface area contributed by atoms with Gasteiger partial charge in [0.15, 0.2) is 0 Å². The Morgan fingerprint density at radius 2 is 2.10 bits per heavy atom. The van der Waals surface area contributed by atoms with Gasteiger partial charge in [0.2, 0.25) is 0 Å². The number of hydrogen-bond acceptors (Lipinski definition) is 3. The van der Waals surface area contributed by atoms with Gasteiger partial charge in [0.25, 0.3) is 5.91 Å². The molecule has 1 aliphatic heterocycles. The van der Waals surface area contributed by atoms with Gasteiger partial charge < -0.3 is 15.7 Å². The minimum Gasteiger partial charge on any atom is -0.399 e. The second-order valence-corrected chi connectivity index (χ2v) is 6.17. The molecule has 0 unspecified atom stereocenters. The van der Waals surface area contributed by atoms with Crippen molar-refractivity contribution in [3.63, 3.8) is 0 Å². The molecule has 3 N–H and O–H groups in total.